The van der Waals surface area contributed by atoms with Crippen molar-refractivity contribution in [3.63, 3.8) is 0 Å². The van der Waals surface area contributed by atoms with Crippen molar-refractivity contribution in [1.82, 2.24) is 5.32 Å². The molecule has 0 spiro atoms. The van der Waals surface area contributed by atoms with E-state index in [1.807, 2.05) is 11.8 Å². The van der Waals surface area contributed by atoms with Crippen molar-refractivity contribution < 1.29 is 9.84 Å². The summed E-state index contributed by atoms with van der Waals surface area (Å²) in [4.78, 5) is 0. The van der Waals surface area contributed by atoms with E-state index in [0.717, 1.165) is 37.5 Å². The van der Waals surface area contributed by atoms with Crippen LogP contribution in [-0.4, -0.2) is 47.5 Å². The molecule has 0 amide bonds. The number of hydrogen-bond acceptors (Lipinski definition) is 4. The molecular weight excluding hydrogens is 234 g/mol. The fourth-order valence-corrected chi connectivity index (χ4v) is 4.06. The summed E-state index contributed by atoms with van der Waals surface area (Å²) >= 11 is 1.85. The quantitative estimate of drug-likeness (QED) is 0.788. The third kappa shape index (κ3) is 2.80. The molecule has 100 valence electrons. The molecule has 0 bridgehead atoms. The van der Waals surface area contributed by atoms with Gasteiger partial charge in [0.05, 0.1) is 11.7 Å². The van der Waals surface area contributed by atoms with Crippen LogP contribution >= 0.6 is 11.8 Å². The third-order valence-electron chi connectivity index (χ3n) is 4.31. The monoisotopic (exact) mass is 259 g/mol. The molecule has 3 nitrogen and oxygen atoms in total. The first-order valence-electron chi connectivity index (χ1n) is 6.63. The fourth-order valence-electron chi connectivity index (χ4n) is 2.76. The minimum absolute atomic E-state index is 0.193. The molecule has 17 heavy (non-hydrogen) atoms. The summed E-state index contributed by atoms with van der Waals surface area (Å²) in [6.07, 6.45) is 2.37. The molecule has 0 aromatic rings. The summed E-state index contributed by atoms with van der Waals surface area (Å²) in [6, 6.07) is 0.480. The van der Waals surface area contributed by atoms with Crippen LogP contribution < -0.4 is 5.32 Å². The predicted molar refractivity (Wildman–Crippen MR) is 72.5 cm³/mol. The molecule has 4 heteroatoms. The molecule has 1 aliphatic carbocycles. The molecule has 0 aromatic carbocycles. The van der Waals surface area contributed by atoms with Crippen molar-refractivity contribution in [3.8, 4) is 0 Å². The number of hydrogen-bond donors (Lipinski definition) is 2. The minimum atomic E-state index is -0.475. The standard InChI is InChI=1S/C13H25NO2S/c1-4-16-11-7-10(12(11,2)3)14-8-13(15)5-6-17-9-13/h10-11,14-15H,4-9H2,1-3H3/t10-,11+,13+/m0/s1. The first-order chi connectivity index (χ1) is 7.98. The summed E-state index contributed by atoms with van der Waals surface area (Å²) in [6.45, 7) is 8.08. The highest BCUT2D eigenvalue weighted by Gasteiger charge is 2.49. The predicted octanol–water partition coefficient (Wildman–Crippen LogP) is 1.65. The maximum absolute atomic E-state index is 10.3. The van der Waals surface area contributed by atoms with Crippen LogP contribution in [0.1, 0.15) is 33.6 Å². The lowest BCUT2D eigenvalue weighted by Gasteiger charge is -2.52. The van der Waals surface area contributed by atoms with Gasteiger partial charge in [0.1, 0.15) is 0 Å². The molecule has 1 saturated heterocycles. The molecular formula is C13H25NO2S. The van der Waals surface area contributed by atoms with Crippen molar-refractivity contribution in [2.24, 2.45) is 5.41 Å². The van der Waals surface area contributed by atoms with E-state index in [-0.39, 0.29) is 5.41 Å². The highest BCUT2D eigenvalue weighted by Crippen LogP contribution is 2.43. The zero-order valence-electron chi connectivity index (χ0n) is 11.2. The van der Waals surface area contributed by atoms with Gasteiger partial charge in [0.25, 0.3) is 0 Å². The number of rotatable bonds is 5. The van der Waals surface area contributed by atoms with E-state index in [9.17, 15) is 5.11 Å². The van der Waals surface area contributed by atoms with Gasteiger partial charge in [-0.05, 0) is 25.5 Å². The lowest BCUT2D eigenvalue weighted by atomic mass is 9.64. The van der Waals surface area contributed by atoms with Crippen LogP contribution in [0.5, 0.6) is 0 Å². The van der Waals surface area contributed by atoms with Gasteiger partial charge >= 0.3 is 0 Å². The largest absolute Gasteiger partial charge is 0.388 e. The van der Waals surface area contributed by atoms with Crippen LogP contribution in [0.3, 0.4) is 0 Å². The Hall–Kier alpha value is 0.230. The van der Waals surface area contributed by atoms with Crippen LogP contribution in [0.4, 0.5) is 0 Å². The van der Waals surface area contributed by atoms with Crippen LogP contribution in [0.2, 0.25) is 0 Å². The minimum Gasteiger partial charge on any atom is -0.388 e. The molecule has 2 rings (SSSR count). The second-order valence-corrected chi connectivity index (χ2v) is 7.07. The normalized spacial score (nSPS) is 40.2. The van der Waals surface area contributed by atoms with Gasteiger partial charge in [0, 0.05) is 30.4 Å². The van der Waals surface area contributed by atoms with E-state index in [2.05, 4.69) is 26.1 Å². The Kier molecular flexibility index (Phi) is 4.08. The van der Waals surface area contributed by atoms with Gasteiger partial charge in [-0.25, -0.2) is 0 Å². The zero-order valence-corrected chi connectivity index (χ0v) is 12.0. The average Bonchev–Trinajstić information content (AvgIpc) is 2.70. The van der Waals surface area contributed by atoms with Crippen LogP contribution in [-0.2, 0) is 4.74 Å². The molecule has 1 saturated carbocycles. The Bertz CT molecular complexity index is 264. The number of thioether (sulfide) groups is 1. The second-order valence-electron chi connectivity index (χ2n) is 5.96. The van der Waals surface area contributed by atoms with Crippen molar-refractivity contribution in [3.05, 3.63) is 0 Å². The number of nitrogens with one attached hydrogen (secondary N) is 1. The summed E-state index contributed by atoms with van der Waals surface area (Å²) in [5, 5.41) is 13.8. The maximum atomic E-state index is 10.3. The average molecular weight is 259 g/mol. The lowest BCUT2D eigenvalue weighted by molar-refractivity contribution is -0.117. The highest BCUT2D eigenvalue weighted by molar-refractivity contribution is 7.99. The molecule has 2 N–H and O–H groups in total. The number of ether oxygens (including phenoxy) is 1. The Labute approximate surface area is 109 Å². The van der Waals surface area contributed by atoms with Crippen molar-refractivity contribution >= 4 is 11.8 Å². The van der Waals surface area contributed by atoms with Gasteiger partial charge in [-0.1, -0.05) is 13.8 Å². The molecule has 1 aliphatic heterocycles. The van der Waals surface area contributed by atoms with Gasteiger partial charge in [0.15, 0.2) is 0 Å². The second kappa shape index (κ2) is 5.08. The molecule has 0 aromatic heterocycles. The van der Waals surface area contributed by atoms with Crippen molar-refractivity contribution in [1.29, 1.82) is 0 Å². The van der Waals surface area contributed by atoms with Gasteiger partial charge in [0.2, 0.25) is 0 Å². The van der Waals surface area contributed by atoms with Gasteiger partial charge in [-0.2, -0.15) is 11.8 Å². The van der Waals surface area contributed by atoms with Gasteiger partial charge in [-0.3, -0.25) is 0 Å². The van der Waals surface area contributed by atoms with Crippen LogP contribution in [0.25, 0.3) is 0 Å². The van der Waals surface area contributed by atoms with Crippen LogP contribution in [0, 0.1) is 5.41 Å². The molecule has 1 heterocycles. The number of aliphatic hydroxyl groups is 1. The van der Waals surface area contributed by atoms with Crippen molar-refractivity contribution in [2.75, 3.05) is 24.7 Å². The highest BCUT2D eigenvalue weighted by atomic mass is 32.2. The summed E-state index contributed by atoms with van der Waals surface area (Å²) in [5.74, 6) is 1.97. The van der Waals surface area contributed by atoms with E-state index in [1.165, 1.54) is 0 Å². The topological polar surface area (TPSA) is 41.5 Å². The molecule has 3 atom stereocenters. The van der Waals surface area contributed by atoms with Gasteiger partial charge in [-0.15, -0.1) is 0 Å². The first-order valence-corrected chi connectivity index (χ1v) is 7.78. The zero-order chi connectivity index (χ0) is 12.5. The third-order valence-corrected chi connectivity index (χ3v) is 5.54. The molecule has 0 radical (unpaired) electrons. The Morgan fingerprint density at radius 3 is 2.76 bits per heavy atom. The summed E-state index contributed by atoms with van der Waals surface area (Å²) in [7, 11) is 0. The summed E-state index contributed by atoms with van der Waals surface area (Å²) < 4.78 is 5.71. The Morgan fingerprint density at radius 1 is 1.47 bits per heavy atom. The molecule has 2 aliphatic rings. The molecule has 0 unspecified atom stereocenters. The van der Waals surface area contributed by atoms with Crippen LogP contribution in [0.15, 0.2) is 0 Å². The van der Waals surface area contributed by atoms with Crippen molar-refractivity contribution in [2.45, 2.75) is 51.4 Å². The summed E-state index contributed by atoms with van der Waals surface area (Å²) in [5.41, 5.74) is -0.282. The molecule has 2 fully saturated rings. The lowest BCUT2D eigenvalue weighted by Crippen LogP contribution is -2.62. The SMILES string of the molecule is CCO[C@@H]1C[C@H](NC[C@]2(O)CCSC2)C1(C)C. The van der Waals surface area contributed by atoms with E-state index in [0.29, 0.717) is 12.1 Å². The Balaban J connectivity index is 1.78. The van der Waals surface area contributed by atoms with Gasteiger partial charge < -0.3 is 15.2 Å². The smallest absolute Gasteiger partial charge is 0.0869 e. The maximum Gasteiger partial charge on any atom is 0.0869 e. The van der Waals surface area contributed by atoms with E-state index in [4.69, 9.17) is 4.74 Å². The van der Waals surface area contributed by atoms with E-state index < -0.39 is 5.60 Å². The van der Waals surface area contributed by atoms with E-state index in [1.54, 1.807) is 0 Å². The van der Waals surface area contributed by atoms with E-state index >= 15 is 0 Å². The Morgan fingerprint density at radius 2 is 2.24 bits per heavy atom. The first kappa shape index (κ1) is 13.7. The fraction of sp³-hybridized carbons (Fsp3) is 1.00.